The fourth-order valence-corrected chi connectivity index (χ4v) is 2.42. The predicted molar refractivity (Wildman–Crippen MR) is 90.3 cm³/mol. The topological polar surface area (TPSA) is 26.3 Å². The molecule has 0 aliphatic heterocycles. The summed E-state index contributed by atoms with van der Waals surface area (Å²) < 4.78 is 5.12. The van der Waals surface area contributed by atoms with Crippen LogP contribution in [0, 0.1) is 0 Å². The fraction of sp³-hybridized carbons (Fsp3) is 0.0500. The lowest BCUT2D eigenvalue weighted by atomic mass is 10.0. The summed E-state index contributed by atoms with van der Waals surface area (Å²) in [5, 5.41) is 2.06. The van der Waals surface area contributed by atoms with Gasteiger partial charge in [0.2, 0.25) is 0 Å². The van der Waals surface area contributed by atoms with Crippen LogP contribution >= 0.6 is 0 Å². The van der Waals surface area contributed by atoms with Gasteiger partial charge in [-0.3, -0.25) is 4.79 Å². The molecule has 3 aromatic carbocycles. The number of fused-ring (bicyclic) bond motifs is 1. The molecule has 0 fully saturated rings. The van der Waals surface area contributed by atoms with Crippen LogP contribution in [0.2, 0.25) is 0 Å². The van der Waals surface area contributed by atoms with Gasteiger partial charge in [-0.1, -0.05) is 60.7 Å². The van der Waals surface area contributed by atoms with Crippen LogP contribution in [0.25, 0.3) is 16.8 Å². The van der Waals surface area contributed by atoms with Crippen molar-refractivity contribution < 1.29 is 9.53 Å². The lowest BCUT2D eigenvalue weighted by Crippen LogP contribution is -1.95. The Morgan fingerprint density at radius 3 is 2.41 bits per heavy atom. The minimum absolute atomic E-state index is 0.00705. The number of benzene rings is 3. The van der Waals surface area contributed by atoms with E-state index in [1.165, 1.54) is 0 Å². The Hall–Kier alpha value is -2.87. The van der Waals surface area contributed by atoms with Crippen LogP contribution in [0.4, 0.5) is 0 Å². The molecule has 0 atom stereocenters. The molecule has 2 nitrogen and oxygen atoms in total. The van der Waals surface area contributed by atoms with E-state index in [9.17, 15) is 4.79 Å². The molecule has 0 aliphatic rings. The zero-order chi connectivity index (χ0) is 15.4. The fourth-order valence-electron chi connectivity index (χ4n) is 2.42. The highest BCUT2D eigenvalue weighted by Gasteiger charge is 2.06. The van der Waals surface area contributed by atoms with E-state index in [1.54, 1.807) is 13.2 Å². The van der Waals surface area contributed by atoms with Crippen LogP contribution in [0.5, 0.6) is 5.75 Å². The second kappa shape index (κ2) is 6.27. The minimum atomic E-state index is 0.00705. The van der Waals surface area contributed by atoms with Gasteiger partial charge in [-0.15, -0.1) is 0 Å². The standard InChI is InChI=1S/C20H16O2/c1-22-17-12-9-15(10-13-17)11-14-20(21)19-8-4-6-16-5-2-3-7-18(16)19/h2-14H,1H3/b14-11+. The molecule has 3 rings (SSSR count). The molecule has 22 heavy (non-hydrogen) atoms. The van der Waals surface area contributed by atoms with Crippen molar-refractivity contribution in [1.82, 2.24) is 0 Å². The third-order valence-electron chi connectivity index (χ3n) is 3.60. The van der Waals surface area contributed by atoms with Gasteiger partial charge in [0.05, 0.1) is 7.11 Å². The molecule has 0 aromatic heterocycles. The Morgan fingerprint density at radius 2 is 1.64 bits per heavy atom. The second-order valence-corrected chi connectivity index (χ2v) is 5.00. The van der Waals surface area contributed by atoms with Gasteiger partial charge in [-0.25, -0.2) is 0 Å². The first-order valence-electron chi connectivity index (χ1n) is 7.12. The number of ketones is 1. The molecular weight excluding hydrogens is 272 g/mol. The van der Waals surface area contributed by atoms with Gasteiger partial charge in [0, 0.05) is 5.56 Å². The highest BCUT2D eigenvalue weighted by atomic mass is 16.5. The first kappa shape index (κ1) is 14.1. The van der Waals surface area contributed by atoms with Crippen LogP contribution in [0.15, 0.2) is 72.8 Å². The smallest absolute Gasteiger partial charge is 0.186 e. The number of rotatable bonds is 4. The molecule has 0 heterocycles. The molecule has 0 N–H and O–H groups in total. The van der Waals surface area contributed by atoms with Gasteiger partial charge in [0.1, 0.15) is 5.75 Å². The second-order valence-electron chi connectivity index (χ2n) is 5.00. The highest BCUT2D eigenvalue weighted by Crippen LogP contribution is 2.20. The zero-order valence-electron chi connectivity index (χ0n) is 12.3. The van der Waals surface area contributed by atoms with Crippen molar-refractivity contribution in [3.63, 3.8) is 0 Å². The van der Waals surface area contributed by atoms with E-state index in [2.05, 4.69) is 0 Å². The van der Waals surface area contributed by atoms with Crippen molar-refractivity contribution in [2.24, 2.45) is 0 Å². The van der Waals surface area contributed by atoms with Gasteiger partial charge in [0.15, 0.2) is 5.78 Å². The SMILES string of the molecule is COc1ccc(/C=C/C(=O)c2cccc3ccccc23)cc1. The number of carbonyl (C=O) groups is 1. The van der Waals surface area contributed by atoms with E-state index in [0.717, 1.165) is 27.6 Å². The van der Waals surface area contributed by atoms with Crippen LogP contribution in [0.3, 0.4) is 0 Å². The number of hydrogen-bond acceptors (Lipinski definition) is 2. The molecular formula is C20H16O2. The first-order valence-corrected chi connectivity index (χ1v) is 7.12. The average molecular weight is 288 g/mol. The van der Waals surface area contributed by atoms with Crippen molar-refractivity contribution >= 4 is 22.6 Å². The molecule has 0 saturated carbocycles. The molecule has 0 bridgehead atoms. The molecule has 0 radical (unpaired) electrons. The summed E-state index contributed by atoms with van der Waals surface area (Å²) in [5.41, 5.74) is 1.69. The molecule has 0 amide bonds. The molecule has 0 aliphatic carbocycles. The predicted octanol–water partition coefficient (Wildman–Crippen LogP) is 4.74. The molecule has 108 valence electrons. The van der Waals surface area contributed by atoms with Crippen molar-refractivity contribution in [2.75, 3.05) is 7.11 Å². The van der Waals surface area contributed by atoms with Crippen LogP contribution in [-0.4, -0.2) is 12.9 Å². The van der Waals surface area contributed by atoms with E-state index in [-0.39, 0.29) is 5.78 Å². The Morgan fingerprint density at radius 1 is 0.909 bits per heavy atom. The summed E-state index contributed by atoms with van der Waals surface area (Å²) in [4.78, 5) is 12.4. The summed E-state index contributed by atoms with van der Waals surface area (Å²) in [6.45, 7) is 0. The van der Waals surface area contributed by atoms with E-state index >= 15 is 0 Å². The lowest BCUT2D eigenvalue weighted by molar-refractivity contribution is 0.104. The van der Waals surface area contributed by atoms with E-state index in [1.807, 2.05) is 72.8 Å². The van der Waals surface area contributed by atoms with E-state index in [0.29, 0.717) is 0 Å². The zero-order valence-corrected chi connectivity index (χ0v) is 12.3. The Bertz CT molecular complexity index is 824. The lowest BCUT2D eigenvalue weighted by Gasteiger charge is -2.03. The van der Waals surface area contributed by atoms with Crippen LogP contribution < -0.4 is 4.74 Å². The Kier molecular flexibility index (Phi) is 4.01. The highest BCUT2D eigenvalue weighted by molar-refractivity contribution is 6.14. The summed E-state index contributed by atoms with van der Waals surface area (Å²) in [7, 11) is 1.63. The molecule has 3 aromatic rings. The molecule has 0 spiro atoms. The summed E-state index contributed by atoms with van der Waals surface area (Å²) in [6, 6.07) is 21.3. The third-order valence-corrected chi connectivity index (χ3v) is 3.60. The van der Waals surface area contributed by atoms with Gasteiger partial charge < -0.3 is 4.74 Å². The van der Waals surface area contributed by atoms with Crippen molar-refractivity contribution in [1.29, 1.82) is 0 Å². The molecule has 0 saturated heterocycles. The number of methoxy groups -OCH3 is 1. The summed E-state index contributed by atoms with van der Waals surface area (Å²) >= 11 is 0. The number of carbonyl (C=O) groups excluding carboxylic acids is 1. The monoisotopic (exact) mass is 288 g/mol. The summed E-state index contributed by atoms with van der Waals surface area (Å²) in [6.07, 6.45) is 3.44. The van der Waals surface area contributed by atoms with E-state index in [4.69, 9.17) is 4.74 Å². The van der Waals surface area contributed by atoms with Crippen LogP contribution in [-0.2, 0) is 0 Å². The Balaban J connectivity index is 1.88. The largest absolute Gasteiger partial charge is 0.497 e. The maximum Gasteiger partial charge on any atom is 0.186 e. The first-order chi connectivity index (χ1) is 10.8. The van der Waals surface area contributed by atoms with Crippen molar-refractivity contribution in [3.8, 4) is 5.75 Å². The van der Waals surface area contributed by atoms with E-state index < -0.39 is 0 Å². The quantitative estimate of drug-likeness (QED) is 0.512. The van der Waals surface area contributed by atoms with Gasteiger partial charge in [0.25, 0.3) is 0 Å². The normalized spacial score (nSPS) is 11.0. The van der Waals surface area contributed by atoms with Crippen molar-refractivity contribution in [2.45, 2.75) is 0 Å². The number of allylic oxidation sites excluding steroid dienone is 1. The van der Waals surface area contributed by atoms with Gasteiger partial charge >= 0.3 is 0 Å². The minimum Gasteiger partial charge on any atom is -0.497 e. The maximum atomic E-state index is 12.4. The number of hydrogen-bond donors (Lipinski definition) is 0. The molecule has 0 unspecified atom stereocenters. The van der Waals surface area contributed by atoms with Crippen molar-refractivity contribution in [3.05, 3.63) is 83.9 Å². The van der Waals surface area contributed by atoms with Crippen LogP contribution in [0.1, 0.15) is 15.9 Å². The average Bonchev–Trinajstić information content (AvgIpc) is 2.59. The molecule has 2 heteroatoms. The number of ether oxygens (including phenoxy) is 1. The summed E-state index contributed by atoms with van der Waals surface area (Å²) in [5.74, 6) is 0.810. The third kappa shape index (κ3) is 2.91. The maximum absolute atomic E-state index is 12.4. The van der Waals surface area contributed by atoms with Gasteiger partial charge in [-0.2, -0.15) is 0 Å². The van der Waals surface area contributed by atoms with Gasteiger partial charge in [-0.05, 0) is 34.5 Å². The Labute approximate surface area is 129 Å².